The number of rotatable bonds is 6. The van der Waals surface area contributed by atoms with Gasteiger partial charge in [0.05, 0.1) is 11.4 Å². The van der Waals surface area contributed by atoms with Crippen LogP contribution in [-0.2, 0) is 0 Å². The van der Waals surface area contributed by atoms with Gasteiger partial charge in [-0.15, -0.1) is 11.3 Å². The summed E-state index contributed by atoms with van der Waals surface area (Å²) in [6.07, 6.45) is 0. The van der Waals surface area contributed by atoms with Crippen LogP contribution in [0.2, 0.25) is 0 Å². The Hall–Kier alpha value is -6.62. The van der Waals surface area contributed by atoms with Gasteiger partial charge in [0, 0.05) is 49.0 Å². The third kappa shape index (κ3) is 5.29. The molecule has 0 amide bonds. The van der Waals surface area contributed by atoms with E-state index in [9.17, 15) is 0 Å². The lowest BCUT2D eigenvalue weighted by Crippen LogP contribution is -2.16. The van der Waals surface area contributed by atoms with Crippen LogP contribution in [-0.4, -0.2) is 0 Å². The zero-order valence-corrected chi connectivity index (χ0v) is 29.0. The van der Waals surface area contributed by atoms with Gasteiger partial charge in [-0.3, -0.25) is 0 Å². The highest BCUT2D eigenvalue weighted by Gasteiger charge is 2.27. The molecule has 0 aliphatic carbocycles. The number of thiophene rings is 1. The second kappa shape index (κ2) is 12.6. The second-order valence-corrected chi connectivity index (χ2v) is 14.1. The highest BCUT2D eigenvalue weighted by atomic mass is 32.1. The Bertz CT molecular complexity index is 2700. The van der Waals surface area contributed by atoms with Crippen LogP contribution in [0.3, 0.4) is 0 Å². The molecule has 0 radical (unpaired) electrons. The second-order valence-electron chi connectivity index (χ2n) is 13.0. The molecule has 52 heavy (non-hydrogen) atoms. The lowest BCUT2D eigenvalue weighted by atomic mass is 10.0. The quantitative estimate of drug-likeness (QED) is 0.173. The van der Waals surface area contributed by atoms with Gasteiger partial charge in [0.2, 0.25) is 0 Å². The number of hydrogen-bond acceptors (Lipinski definition) is 4. The molecule has 2 heterocycles. The fraction of sp³-hybridized carbons (Fsp3) is 0. The molecule has 0 spiro atoms. The molecule has 0 N–H and O–H groups in total. The smallest absolute Gasteiger partial charge is 0.153 e. The number of benzene rings is 8. The average molecular weight is 685 g/mol. The molecule has 0 saturated heterocycles. The first-order valence-electron chi connectivity index (χ1n) is 17.5. The first-order chi connectivity index (χ1) is 25.8. The Balaban J connectivity index is 1.07. The number of hydrogen-bond donors (Lipinski definition) is 0. The van der Waals surface area contributed by atoms with Crippen molar-refractivity contribution in [2.75, 3.05) is 9.80 Å². The minimum atomic E-state index is 0.805. The third-order valence-corrected chi connectivity index (χ3v) is 11.0. The molecule has 10 rings (SSSR count). The molecule has 3 nitrogen and oxygen atoms in total. The molecular weight excluding hydrogens is 653 g/mol. The van der Waals surface area contributed by atoms with Gasteiger partial charge in [-0.2, -0.15) is 0 Å². The van der Waals surface area contributed by atoms with E-state index in [0.717, 1.165) is 45.6 Å². The molecule has 8 aromatic carbocycles. The number of fused-ring (bicyclic) bond motifs is 5. The van der Waals surface area contributed by atoms with E-state index in [-0.39, 0.29) is 0 Å². The van der Waals surface area contributed by atoms with Crippen molar-refractivity contribution in [3.05, 3.63) is 194 Å². The maximum atomic E-state index is 6.64. The fourth-order valence-corrected chi connectivity index (χ4v) is 8.42. The predicted octanol–water partition coefficient (Wildman–Crippen LogP) is 14.4. The average Bonchev–Trinajstić information content (AvgIpc) is 3.59. The minimum absolute atomic E-state index is 0.805. The van der Waals surface area contributed by atoms with Gasteiger partial charge in [-0.25, -0.2) is 0 Å². The number of nitrogens with zero attached hydrogens (tertiary/aromatic N) is 2. The highest BCUT2D eigenvalue weighted by Crippen LogP contribution is 2.52. The predicted molar refractivity (Wildman–Crippen MR) is 220 cm³/mol. The van der Waals surface area contributed by atoms with Crippen molar-refractivity contribution < 1.29 is 4.74 Å². The van der Waals surface area contributed by atoms with Crippen LogP contribution < -0.4 is 14.5 Å². The summed E-state index contributed by atoms with van der Waals surface area (Å²) in [4.78, 5) is 4.59. The van der Waals surface area contributed by atoms with Gasteiger partial charge in [0.15, 0.2) is 11.5 Å². The summed E-state index contributed by atoms with van der Waals surface area (Å²) in [5.41, 5.74) is 11.0. The molecule has 1 aliphatic rings. The lowest BCUT2D eigenvalue weighted by molar-refractivity contribution is 0.477. The highest BCUT2D eigenvalue weighted by molar-refractivity contribution is 7.25. The summed E-state index contributed by atoms with van der Waals surface area (Å²) in [5.74, 6) is 1.63. The van der Waals surface area contributed by atoms with E-state index < -0.39 is 0 Å². The molecule has 0 fully saturated rings. The molecule has 1 aromatic heterocycles. The Morgan fingerprint density at radius 2 is 0.942 bits per heavy atom. The first kappa shape index (κ1) is 30.2. The minimum Gasteiger partial charge on any atom is -0.453 e. The summed E-state index contributed by atoms with van der Waals surface area (Å²) < 4.78 is 9.27. The van der Waals surface area contributed by atoms with Crippen molar-refractivity contribution in [3.63, 3.8) is 0 Å². The van der Waals surface area contributed by atoms with Crippen LogP contribution in [0.25, 0.3) is 42.4 Å². The maximum absolute atomic E-state index is 6.64. The van der Waals surface area contributed by atoms with Gasteiger partial charge in [0.1, 0.15) is 0 Å². The van der Waals surface area contributed by atoms with Gasteiger partial charge < -0.3 is 14.5 Å². The maximum Gasteiger partial charge on any atom is 0.153 e. The number of ether oxygens (including phenoxy) is 1. The zero-order chi connectivity index (χ0) is 34.4. The van der Waals surface area contributed by atoms with E-state index in [1.807, 2.05) is 23.5 Å². The van der Waals surface area contributed by atoms with Gasteiger partial charge in [0.25, 0.3) is 0 Å². The Morgan fingerprint density at radius 1 is 0.385 bits per heavy atom. The van der Waals surface area contributed by atoms with E-state index in [4.69, 9.17) is 4.74 Å². The van der Waals surface area contributed by atoms with Crippen LogP contribution in [0.15, 0.2) is 194 Å². The Kier molecular flexibility index (Phi) is 7.33. The standard InChI is InChI=1S/C48H32N2OS/c1-3-11-33(12-4-1)34-19-24-38(25-20-34)49(39-26-21-35(22-27-39)36-23-30-48-42(31-36)41-15-7-10-18-47(41)52-48)40-28-29-44-46(32-40)51-45-17-9-8-16-43(45)50(44)37-13-5-2-6-14-37/h1-32H. The van der Waals surface area contributed by atoms with Gasteiger partial charge in [-0.1, -0.05) is 109 Å². The Morgan fingerprint density at radius 3 is 1.71 bits per heavy atom. The van der Waals surface area contributed by atoms with Crippen molar-refractivity contribution in [1.29, 1.82) is 0 Å². The van der Waals surface area contributed by atoms with Gasteiger partial charge in [-0.05, 0) is 101 Å². The molecular formula is C48H32N2OS. The van der Waals surface area contributed by atoms with Crippen molar-refractivity contribution in [1.82, 2.24) is 0 Å². The summed E-state index contributed by atoms with van der Waals surface area (Å²) in [6, 6.07) is 69.0. The first-order valence-corrected chi connectivity index (χ1v) is 18.3. The lowest BCUT2D eigenvalue weighted by Gasteiger charge is -2.34. The summed E-state index contributed by atoms with van der Waals surface area (Å²) in [6.45, 7) is 0. The number of para-hydroxylation sites is 3. The van der Waals surface area contributed by atoms with E-state index in [1.54, 1.807) is 0 Å². The molecule has 9 aromatic rings. The molecule has 0 saturated carbocycles. The van der Waals surface area contributed by atoms with Crippen molar-refractivity contribution in [2.24, 2.45) is 0 Å². The van der Waals surface area contributed by atoms with Crippen LogP contribution >= 0.6 is 11.3 Å². The van der Waals surface area contributed by atoms with Crippen molar-refractivity contribution in [3.8, 4) is 33.8 Å². The van der Waals surface area contributed by atoms with E-state index >= 15 is 0 Å². The van der Waals surface area contributed by atoms with Crippen molar-refractivity contribution in [2.45, 2.75) is 0 Å². The summed E-state index contributed by atoms with van der Waals surface area (Å²) in [7, 11) is 0. The van der Waals surface area contributed by atoms with Crippen LogP contribution in [0.4, 0.5) is 34.1 Å². The normalized spacial score (nSPS) is 12.0. The molecule has 246 valence electrons. The zero-order valence-electron chi connectivity index (χ0n) is 28.2. The Labute approximate surface area is 306 Å². The molecule has 0 bridgehead atoms. The molecule has 0 atom stereocenters. The number of anilines is 6. The molecule has 1 aliphatic heterocycles. The third-order valence-electron chi connectivity index (χ3n) is 9.85. The summed E-state index contributed by atoms with van der Waals surface area (Å²) >= 11 is 1.85. The topological polar surface area (TPSA) is 15.7 Å². The SMILES string of the molecule is c1ccc(-c2ccc(N(c3ccc(-c4ccc5sc6ccccc6c5c4)cc3)c3ccc4c(c3)Oc3ccccc3N4c3ccccc3)cc2)cc1. The molecule has 0 unspecified atom stereocenters. The van der Waals surface area contributed by atoms with E-state index in [1.165, 1.54) is 42.4 Å². The van der Waals surface area contributed by atoms with E-state index in [0.29, 0.717) is 0 Å². The monoisotopic (exact) mass is 684 g/mol. The fourth-order valence-electron chi connectivity index (χ4n) is 7.33. The van der Waals surface area contributed by atoms with E-state index in [2.05, 4.69) is 192 Å². The van der Waals surface area contributed by atoms with Gasteiger partial charge >= 0.3 is 0 Å². The largest absolute Gasteiger partial charge is 0.453 e. The molecule has 4 heteroatoms. The summed E-state index contributed by atoms with van der Waals surface area (Å²) in [5, 5.41) is 2.62. The van der Waals surface area contributed by atoms with Crippen LogP contribution in [0, 0.1) is 0 Å². The van der Waals surface area contributed by atoms with Crippen LogP contribution in [0.1, 0.15) is 0 Å². The van der Waals surface area contributed by atoms with Crippen LogP contribution in [0.5, 0.6) is 11.5 Å². The van der Waals surface area contributed by atoms with Crippen molar-refractivity contribution >= 4 is 65.6 Å².